The molecule has 0 fully saturated rings. The summed E-state index contributed by atoms with van der Waals surface area (Å²) in [6.07, 6.45) is 1.03. The number of fused-ring (bicyclic) bond motifs is 1. The molecule has 0 saturated carbocycles. The summed E-state index contributed by atoms with van der Waals surface area (Å²) in [6.45, 7) is 1.01. The van der Waals surface area contributed by atoms with Crippen LogP contribution in [0.1, 0.15) is 17.2 Å². The molecule has 0 amide bonds. The molecular weight excluding hydrogens is 308 g/mol. The monoisotopic (exact) mass is 328 g/mol. The maximum absolute atomic E-state index is 5.91. The Kier molecular flexibility index (Phi) is 4.78. The van der Waals surface area contributed by atoms with Crippen LogP contribution in [0.25, 0.3) is 11.2 Å². The Balaban J connectivity index is 1.92. The molecule has 23 heavy (non-hydrogen) atoms. The van der Waals surface area contributed by atoms with Gasteiger partial charge in [0.1, 0.15) is 11.3 Å². The number of benzene rings is 1. The molecule has 0 aliphatic heterocycles. The Morgan fingerprint density at radius 1 is 1.22 bits per heavy atom. The number of aromatic amines is 1. The Labute approximate surface area is 139 Å². The zero-order chi connectivity index (χ0) is 16.2. The number of hydrogen-bond acceptors (Lipinski definition) is 6. The number of pyridine rings is 1. The Hall–Kier alpha value is -2.12. The van der Waals surface area contributed by atoms with Gasteiger partial charge in [0.05, 0.1) is 0 Å². The van der Waals surface area contributed by atoms with Crippen LogP contribution >= 0.6 is 11.8 Å². The molecule has 3 aromatic rings. The molecule has 120 valence electrons. The van der Waals surface area contributed by atoms with E-state index < -0.39 is 0 Å². The number of nitrogens with two attached hydrogens (primary N) is 1. The predicted octanol–water partition coefficient (Wildman–Crippen LogP) is 2.72. The van der Waals surface area contributed by atoms with E-state index in [2.05, 4.69) is 63.7 Å². The number of nitrogens with zero attached hydrogens (tertiary/aromatic N) is 4. The maximum atomic E-state index is 5.91. The van der Waals surface area contributed by atoms with Crippen molar-refractivity contribution in [3.05, 3.63) is 42.0 Å². The third-order valence-electron chi connectivity index (χ3n) is 3.56. The number of nitrogens with one attached hydrogen (secondary N) is 1. The summed E-state index contributed by atoms with van der Waals surface area (Å²) < 4.78 is 0. The molecule has 0 bridgehead atoms. The van der Waals surface area contributed by atoms with Crippen molar-refractivity contribution >= 4 is 28.7 Å². The van der Waals surface area contributed by atoms with Gasteiger partial charge in [0.2, 0.25) is 5.65 Å². The third-order valence-corrected chi connectivity index (χ3v) is 4.91. The van der Waals surface area contributed by atoms with Gasteiger partial charge in [-0.2, -0.15) is 10.3 Å². The molecule has 0 radical (unpaired) electrons. The quantitative estimate of drug-likeness (QED) is 0.677. The lowest BCUT2D eigenvalue weighted by atomic mass is 10.1. The molecule has 0 aliphatic rings. The van der Waals surface area contributed by atoms with E-state index in [9.17, 15) is 0 Å². The van der Waals surface area contributed by atoms with Crippen LogP contribution in [0.2, 0.25) is 0 Å². The minimum Gasteiger partial charge on any atom is -0.384 e. The second-order valence-corrected chi connectivity index (χ2v) is 6.89. The fourth-order valence-electron chi connectivity index (χ4n) is 2.41. The lowest BCUT2D eigenvalue weighted by Gasteiger charge is -2.19. The second kappa shape index (κ2) is 6.97. The first-order chi connectivity index (χ1) is 11.1. The lowest BCUT2D eigenvalue weighted by Crippen LogP contribution is -2.15. The molecule has 2 heterocycles. The standard InChI is InChI=1S/C16H20N6S/c1-22(2)9-8-12(11-6-4-3-5-7-11)23-13-10-14(17)18-16-15(13)19-21-20-16/h3-7,10,12H,8-9H2,1-2H3,(H3,17,18,19,20,21). The molecule has 1 aromatic carbocycles. The fraction of sp³-hybridized carbons (Fsp3) is 0.312. The molecular formula is C16H20N6S. The van der Waals surface area contributed by atoms with E-state index in [1.165, 1.54) is 5.56 Å². The topological polar surface area (TPSA) is 83.7 Å². The van der Waals surface area contributed by atoms with Crippen LogP contribution in [0.3, 0.4) is 0 Å². The van der Waals surface area contributed by atoms with Crippen molar-refractivity contribution in [1.82, 2.24) is 25.3 Å². The van der Waals surface area contributed by atoms with E-state index >= 15 is 0 Å². The minimum absolute atomic E-state index is 0.320. The highest BCUT2D eigenvalue weighted by molar-refractivity contribution is 7.99. The normalized spacial score (nSPS) is 12.8. The highest BCUT2D eigenvalue weighted by Gasteiger charge is 2.17. The van der Waals surface area contributed by atoms with Crippen molar-refractivity contribution in [2.45, 2.75) is 16.6 Å². The number of thioether (sulfide) groups is 1. The first-order valence-corrected chi connectivity index (χ1v) is 8.35. The number of anilines is 1. The molecule has 2 aromatic heterocycles. The van der Waals surface area contributed by atoms with Crippen molar-refractivity contribution in [2.24, 2.45) is 0 Å². The highest BCUT2D eigenvalue weighted by atomic mass is 32.2. The van der Waals surface area contributed by atoms with Crippen LogP contribution in [-0.4, -0.2) is 45.9 Å². The zero-order valence-electron chi connectivity index (χ0n) is 13.2. The van der Waals surface area contributed by atoms with Crippen molar-refractivity contribution in [3.63, 3.8) is 0 Å². The summed E-state index contributed by atoms with van der Waals surface area (Å²) in [6, 6.07) is 12.4. The van der Waals surface area contributed by atoms with E-state index in [1.807, 2.05) is 12.1 Å². The van der Waals surface area contributed by atoms with E-state index in [0.717, 1.165) is 23.4 Å². The van der Waals surface area contributed by atoms with Crippen molar-refractivity contribution in [2.75, 3.05) is 26.4 Å². The van der Waals surface area contributed by atoms with Crippen LogP contribution < -0.4 is 5.73 Å². The van der Waals surface area contributed by atoms with E-state index in [0.29, 0.717) is 16.7 Å². The van der Waals surface area contributed by atoms with E-state index in [4.69, 9.17) is 5.73 Å². The van der Waals surface area contributed by atoms with Gasteiger partial charge in [0.25, 0.3) is 0 Å². The Morgan fingerprint density at radius 2 is 2.00 bits per heavy atom. The summed E-state index contributed by atoms with van der Waals surface area (Å²) in [7, 11) is 4.18. The second-order valence-electron chi connectivity index (χ2n) is 5.65. The number of hydrogen-bond donors (Lipinski definition) is 2. The van der Waals surface area contributed by atoms with Gasteiger partial charge in [-0.05, 0) is 38.7 Å². The molecule has 1 unspecified atom stereocenters. The molecule has 3 N–H and O–H groups in total. The number of H-pyrrole nitrogens is 1. The Bertz CT molecular complexity index is 771. The summed E-state index contributed by atoms with van der Waals surface area (Å²) in [4.78, 5) is 7.41. The zero-order valence-corrected chi connectivity index (χ0v) is 14.0. The summed E-state index contributed by atoms with van der Waals surface area (Å²) in [5.74, 6) is 0.466. The van der Waals surface area contributed by atoms with Gasteiger partial charge >= 0.3 is 0 Å². The average molecular weight is 328 g/mol. The summed E-state index contributed by atoms with van der Waals surface area (Å²) in [5, 5.41) is 11.2. The van der Waals surface area contributed by atoms with Crippen LogP contribution in [0.5, 0.6) is 0 Å². The predicted molar refractivity (Wildman–Crippen MR) is 94.3 cm³/mol. The van der Waals surface area contributed by atoms with Crippen LogP contribution in [0.4, 0.5) is 5.82 Å². The third kappa shape index (κ3) is 3.80. The SMILES string of the molecule is CN(C)CCC(Sc1cc(N)nc2n[nH]nc12)c1ccccc1. The van der Waals surface area contributed by atoms with Crippen molar-refractivity contribution < 1.29 is 0 Å². The number of nitrogen functional groups attached to an aromatic ring is 1. The van der Waals surface area contributed by atoms with Gasteiger partial charge in [0.15, 0.2) is 0 Å². The Morgan fingerprint density at radius 3 is 2.74 bits per heavy atom. The van der Waals surface area contributed by atoms with Crippen molar-refractivity contribution in [1.29, 1.82) is 0 Å². The van der Waals surface area contributed by atoms with Crippen molar-refractivity contribution in [3.8, 4) is 0 Å². The smallest absolute Gasteiger partial charge is 0.204 e. The molecule has 7 heteroatoms. The van der Waals surface area contributed by atoms with E-state index in [-0.39, 0.29) is 0 Å². The van der Waals surface area contributed by atoms with Gasteiger partial charge in [-0.3, -0.25) is 0 Å². The average Bonchev–Trinajstić information content (AvgIpc) is 3.00. The lowest BCUT2D eigenvalue weighted by molar-refractivity contribution is 0.399. The van der Waals surface area contributed by atoms with E-state index in [1.54, 1.807) is 11.8 Å². The highest BCUT2D eigenvalue weighted by Crippen LogP contribution is 2.40. The molecule has 3 rings (SSSR count). The van der Waals surface area contributed by atoms with Gasteiger partial charge in [0, 0.05) is 10.1 Å². The van der Waals surface area contributed by atoms with Gasteiger partial charge in [-0.25, -0.2) is 4.98 Å². The summed E-state index contributed by atoms with van der Waals surface area (Å²) in [5.41, 5.74) is 8.54. The van der Waals surface area contributed by atoms with Gasteiger partial charge in [-0.1, -0.05) is 30.3 Å². The largest absolute Gasteiger partial charge is 0.384 e. The molecule has 0 saturated heterocycles. The summed E-state index contributed by atoms with van der Waals surface area (Å²) >= 11 is 1.76. The van der Waals surface area contributed by atoms with Crippen LogP contribution in [0.15, 0.2) is 41.3 Å². The minimum atomic E-state index is 0.320. The first kappa shape index (κ1) is 15.8. The number of aromatic nitrogens is 4. The van der Waals surface area contributed by atoms with Gasteiger partial charge < -0.3 is 10.6 Å². The first-order valence-electron chi connectivity index (χ1n) is 7.47. The molecule has 0 spiro atoms. The van der Waals surface area contributed by atoms with Crippen LogP contribution in [0, 0.1) is 0 Å². The fourth-order valence-corrected chi connectivity index (χ4v) is 3.67. The molecule has 0 aliphatic carbocycles. The molecule has 1 atom stereocenters. The van der Waals surface area contributed by atoms with Crippen LogP contribution in [-0.2, 0) is 0 Å². The molecule has 6 nitrogen and oxygen atoms in total. The van der Waals surface area contributed by atoms with Gasteiger partial charge in [-0.15, -0.1) is 16.9 Å². The number of rotatable bonds is 6. The maximum Gasteiger partial charge on any atom is 0.204 e.